The first-order valence-electron chi connectivity index (χ1n) is 10.7. The van der Waals surface area contributed by atoms with Gasteiger partial charge in [0.1, 0.15) is 11.5 Å². The van der Waals surface area contributed by atoms with Crippen molar-refractivity contribution in [2.45, 2.75) is 19.3 Å². The first-order valence-corrected chi connectivity index (χ1v) is 10.7. The van der Waals surface area contributed by atoms with Crippen LogP contribution in [0.1, 0.15) is 18.4 Å². The SMILES string of the molecule is COc1ccc(CCNC(=O)NCC2CCN(C(=O)COc3ccccc3)CC2)cc1. The maximum Gasteiger partial charge on any atom is 0.314 e. The zero-order chi connectivity index (χ0) is 21.9. The van der Waals surface area contributed by atoms with Crippen molar-refractivity contribution in [2.24, 2.45) is 5.92 Å². The molecule has 0 unspecified atom stereocenters. The molecule has 0 bridgehead atoms. The summed E-state index contributed by atoms with van der Waals surface area (Å²) >= 11 is 0. The molecular formula is C24H31N3O4. The van der Waals surface area contributed by atoms with E-state index >= 15 is 0 Å². The van der Waals surface area contributed by atoms with Crippen LogP contribution in [0.25, 0.3) is 0 Å². The van der Waals surface area contributed by atoms with Crippen LogP contribution < -0.4 is 20.1 Å². The molecule has 3 rings (SSSR count). The van der Waals surface area contributed by atoms with E-state index in [0.717, 1.165) is 30.6 Å². The molecular weight excluding hydrogens is 394 g/mol. The Morgan fingerprint density at radius 1 is 0.968 bits per heavy atom. The quantitative estimate of drug-likeness (QED) is 0.648. The highest BCUT2D eigenvalue weighted by molar-refractivity contribution is 5.78. The van der Waals surface area contributed by atoms with E-state index in [1.165, 1.54) is 0 Å². The summed E-state index contributed by atoms with van der Waals surface area (Å²) < 4.78 is 10.7. The molecule has 166 valence electrons. The van der Waals surface area contributed by atoms with Crippen molar-refractivity contribution < 1.29 is 19.1 Å². The van der Waals surface area contributed by atoms with E-state index in [-0.39, 0.29) is 18.5 Å². The Labute approximate surface area is 183 Å². The average Bonchev–Trinajstić information content (AvgIpc) is 2.82. The maximum absolute atomic E-state index is 12.3. The molecule has 7 nitrogen and oxygen atoms in total. The minimum Gasteiger partial charge on any atom is -0.497 e. The van der Waals surface area contributed by atoms with Gasteiger partial charge in [-0.3, -0.25) is 4.79 Å². The lowest BCUT2D eigenvalue weighted by atomic mass is 9.97. The van der Waals surface area contributed by atoms with Crippen LogP contribution in [0.3, 0.4) is 0 Å². The fourth-order valence-electron chi connectivity index (χ4n) is 3.55. The second kappa shape index (κ2) is 11.8. The van der Waals surface area contributed by atoms with E-state index in [1.807, 2.05) is 59.5 Å². The first-order chi connectivity index (χ1) is 15.1. The summed E-state index contributed by atoms with van der Waals surface area (Å²) in [6.07, 6.45) is 2.52. The minimum absolute atomic E-state index is 0.00605. The Morgan fingerprint density at radius 3 is 2.35 bits per heavy atom. The molecule has 2 N–H and O–H groups in total. The summed E-state index contributed by atoms with van der Waals surface area (Å²) in [5.74, 6) is 1.91. The number of rotatable bonds is 9. The van der Waals surface area contributed by atoms with Gasteiger partial charge in [-0.05, 0) is 55.0 Å². The first kappa shape index (κ1) is 22.5. The van der Waals surface area contributed by atoms with Gasteiger partial charge in [0, 0.05) is 26.2 Å². The third kappa shape index (κ3) is 7.51. The smallest absolute Gasteiger partial charge is 0.314 e. The van der Waals surface area contributed by atoms with Gasteiger partial charge in [0.2, 0.25) is 0 Å². The number of piperidine rings is 1. The number of likely N-dealkylation sites (tertiary alicyclic amines) is 1. The average molecular weight is 426 g/mol. The summed E-state index contributed by atoms with van der Waals surface area (Å²) in [7, 11) is 1.64. The lowest BCUT2D eigenvalue weighted by molar-refractivity contribution is -0.134. The number of nitrogens with zero attached hydrogens (tertiary/aromatic N) is 1. The zero-order valence-electron chi connectivity index (χ0n) is 18.0. The van der Waals surface area contributed by atoms with Gasteiger partial charge in [0.15, 0.2) is 6.61 Å². The molecule has 1 fully saturated rings. The molecule has 1 aliphatic heterocycles. The number of benzene rings is 2. The molecule has 0 saturated carbocycles. The maximum atomic E-state index is 12.3. The number of hydrogen-bond donors (Lipinski definition) is 2. The van der Waals surface area contributed by atoms with Crippen molar-refractivity contribution in [1.82, 2.24) is 15.5 Å². The number of ether oxygens (including phenoxy) is 2. The predicted molar refractivity (Wildman–Crippen MR) is 119 cm³/mol. The standard InChI is InChI=1S/C24H31N3O4/c1-30-21-9-7-19(8-10-21)11-14-25-24(29)26-17-20-12-15-27(16-13-20)23(28)18-31-22-5-3-2-4-6-22/h2-10,20H,11-18H2,1H3,(H2,25,26,29). The van der Waals surface area contributed by atoms with E-state index in [2.05, 4.69) is 10.6 Å². The Morgan fingerprint density at radius 2 is 1.68 bits per heavy atom. The highest BCUT2D eigenvalue weighted by Crippen LogP contribution is 2.17. The molecule has 2 aromatic rings. The van der Waals surface area contributed by atoms with Gasteiger partial charge in [-0.1, -0.05) is 30.3 Å². The molecule has 1 heterocycles. The lowest BCUT2D eigenvalue weighted by Gasteiger charge is -2.32. The molecule has 0 spiro atoms. The number of hydrogen-bond acceptors (Lipinski definition) is 4. The van der Waals surface area contributed by atoms with Gasteiger partial charge >= 0.3 is 6.03 Å². The third-order valence-electron chi connectivity index (χ3n) is 5.48. The van der Waals surface area contributed by atoms with Crippen LogP contribution >= 0.6 is 0 Å². The lowest BCUT2D eigenvalue weighted by Crippen LogP contribution is -2.44. The number of amides is 3. The molecule has 31 heavy (non-hydrogen) atoms. The Hall–Kier alpha value is -3.22. The largest absolute Gasteiger partial charge is 0.497 e. The molecule has 1 aliphatic rings. The topological polar surface area (TPSA) is 79.9 Å². The Balaban J connectivity index is 1.27. The van der Waals surface area contributed by atoms with Crippen LogP contribution in [0.5, 0.6) is 11.5 Å². The van der Waals surface area contributed by atoms with E-state index in [9.17, 15) is 9.59 Å². The van der Waals surface area contributed by atoms with Crippen molar-refractivity contribution in [2.75, 3.05) is 39.9 Å². The van der Waals surface area contributed by atoms with Gasteiger partial charge in [-0.2, -0.15) is 0 Å². The number of carbonyl (C=O) groups is 2. The molecule has 0 aromatic heterocycles. The molecule has 0 atom stereocenters. The highest BCUT2D eigenvalue weighted by atomic mass is 16.5. The normalized spacial score (nSPS) is 14.0. The van der Waals surface area contributed by atoms with E-state index in [0.29, 0.717) is 37.8 Å². The molecule has 0 aliphatic carbocycles. The molecule has 1 saturated heterocycles. The van der Waals surface area contributed by atoms with Crippen LogP contribution in [0, 0.1) is 5.92 Å². The Bertz CT molecular complexity index is 818. The summed E-state index contributed by atoms with van der Waals surface area (Å²) in [5.41, 5.74) is 1.15. The van der Waals surface area contributed by atoms with Crippen molar-refractivity contribution >= 4 is 11.9 Å². The highest BCUT2D eigenvalue weighted by Gasteiger charge is 2.23. The van der Waals surface area contributed by atoms with E-state index < -0.39 is 0 Å². The second-order valence-electron chi connectivity index (χ2n) is 7.66. The summed E-state index contributed by atoms with van der Waals surface area (Å²) in [4.78, 5) is 26.2. The summed E-state index contributed by atoms with van der Waals surface area (Å²) in [6, 6.07) is 17.0. The predicted octanol–water partition coefficient (Wildman–Crippen LogP) is 2.85. The fourth-order valence-corrected chi connectivity index (χ4v) is 3.55. The third-order valence-corrected chi connectivity index (χ3v) is 5.48. The van der Waals surface area contributed by atoms with Gasteiger partial charge in [-0.15, -0.1) is 0 Å². The minimum atomic E-state index is -0.150. The molecule has 0 radical (unpaired) electrons. The van der Waals surface area contributed by atoms with Crippen LogP contribution in [-0.4, -0.2) is 56.7 Å². The fraction of sp³-hybridized carbons (Fsp3) is 0.417. The number of carbonyl (C=O) groups excluding carboxylic acids is 2. The van der Waals surface area contributed by atoms with Crippen molar-refractivity contribution in [3.63, 3.8) is 0 Å². The van der Waals surface area contributed by atoms with E-state index in [1.54, 1.807) is 7.11 Å². The Kier molecular flexibility index (Phi) is 8.58. The van der Waals surface area contributed by atoms with Gasteiger partial charge in [-0.25, -0.2) is 4.79 Å². The van der Waals surface area contributed by atoms with E-state index in [4.69, 9.17) is 9.47 Å². The zero-order valence-corrected chi connectivity index (χ0v) is 18.0. The number of methoxy groups -OCH3 is 1. The second-order valence-corrected chi connectivity index (χ2v) is 7.66. The van der Waals surface area contributed by atoms with Crippen LogP contribution in [0.15, 0.2) is 54.6 Å². The number of nitrogens with one attached hydrogen (secondary N) is 2. The van der Waals surface area contributed by atoms with Gasteiger partial charge in [0.25, 0.3) is 5.91 Å². The van der Waals surface area contributed by atoms with Crippen molar-refractivity contribution in [1.29, 1.82) is 0 Å². The van der Waals surface area contributed by atoms with Crippen molar-refractivity contribution in [3.8, 4) is 11.5 Å². The number of para-hydroxylation sites is 1. The van der Waals surface area contributed by atoms with Gasteiger partial charge < -0.3 is 25.0 Å². The van der Waals surface area contributed by atoms with Crippen LogP contribution in [0.4, 0.5) is 4.79 Å². The summed E-state index contributed by atoms with van der Waals surface area (Å²) in [5, 5.41) is 5.85. The van der Waals surface area contributed by atoms with Crippen LogP contribution in [-0.2, 0) is 11.2 Å². The molecule has 2 aromatic carbocycles. The molecule has 3 amide bonds. The van der Waals surface area contributed by atoms with Crippen LogP contribution in [0.2, 0.25) is 0 Å². The monoisotopic (exact) mass is 425 g/mol. The number of urea groups is 1. The molecule has 7 heteroatoms. The van der Waals surface area contributed by atoms with Gasteiger partial charge in [0.05, 0.1) is 7.11 Å². The van der Waals surface area contributed by atoms with Crippen molar-refractivity contribution in [3.05, 3.63) is 60.2 Å². The summed E-state index contributed by atoms with van der Waals surface area (Å²) in [6.45, 7) is 2.65.